The van der Waals surface area contributed by atoms with Crippen LogP contribution < -0.4 is 5.32 Å². The molecule has 1 fully saturated rings. The van der Waals surface area contributed by atoms with Crippen LogP contribution in [0.5, 0.6) is 0 Å². The van der Waals surface area contributed by atoms with Crippen molar-refractivity contribution in [2.24, 2.45) is 10.2 Å². The van der Waals surface area contributed by atoms with E-state index < -0.39 is 0 Å². The number of aromatic nitrogens is 1. The number of thioether (sulfide) groups is 1. The first-order valence-corrected chi connectivity index (χ1v) is 7.76. The number of hydrogen-bond donors (Lipinski definition) is 1. The summed E-state index contributed by atoms with van der Waals surface area (Å²) < 4.78 is 2.24. The zero-order valence-corrected chi connectivity index (χ0v) is 12.7. The molecule has 0 spiro atoms. The average Bonchev–Trinajstić information content (AvgIpc) is 3.04. The minimum absolute atomic E-state index is 0.0228. The van der Waals surface area contributed by atoms with E-state index in [1.165, 1.54) is 22.7 Å². The standard InChI is InChI=1S/C15H16N4OS/c1-10(2)19-6-5-12-7-11(3-4-13(12)19)8-16-18-15-17-14(20)9-21-15/h3-8,10H,9H2,1-2H3,(H,17,18,20). The van der Waals surface area contributed by atoms with Gasteiger partial charge in [0.1, 0.15) is 0 Å². The zero-order valence-electron chi connectivity index (χ0n) is 11.9. The lowest BCUT2D eigenvalue weighted by atomic mass is 10.2. The largest absolute Gasteiger partial charge is 0.345 e. The van der Waals surface area contributed by atoms with Gasteiger partial charge in [-0.25, -0.2) is 0 Å². The maximum atomic E-state index is 11.0. The van der Waals surface area contributed by atoms with Crippen molar-refractivity contribution < 1.29 is 4.79 Å². The molecule has 2 aromatic rings. The Balaban J connectivity index is 1.80. The topological polar surface area (TPSA) is 58.8 Å². The fraction of sp³-hybridized carbons (Fsp3) is 0.267. The highest BCUT2D eigenvalue weighted by Gasteiger charge is 2.15. The first kappa shape index (κ1) is 13.9. The molecule has 3 rings (SSSR count). The molecular formula is C15H16N4OS. The second-order valence-electron chi connectivity index (χ2n) is 5.12. The Morgan fingerprint density at radius 3 is 2.95 bits per heavy atom. The molecule has 0 unspecified atom stereocenters. The highest BCUT2D eigenvalue weighted by Crippen LogP contribution is 2.20. The van der Waals surface area contributed by atoms with Crippen LogP contribution in [-0.2, 0) is 4.79 Å². The highest BCUT2D eigenvalue weighted by molar-refractivity contribution is 8.15. The molecule has 1 N–H and O–H groups in total. The molecule has 5 nitrogen and oxygen atoms in total. The van der Waals surface area contributed by atoms with E-state index in [-0.39, 0.29) is 5.91 Å². The number of nitrogens with zero attached hydrogens (tertiary/aromatic N) is 3. The number of carbonyl (C=O) groups is 1. The molecule has 1 amide bonds. The number of amides is 1. The van der Waals surface area contributed by atoms with E-state index in [4.69, 9.17) is 0 Å². The summed E-state index contributed by atoms with van der Waals surface area (Å²) in [6.45, 7) is 4.33. The maximum Gasteiger partial charge on any atom is 0.236 e. The van der Waals surface area contributed by atoms with Crippen LogP contribution in [0, 0.1) is 0 Å². The molecule has 108 valence electrons. The molecule has 0 atom stereocenters. The summed E-state index contributed by atoms with van der Waals surface area (Å²) in [5, 5.41) is 12.4. The molecule has 0 bridgehead atoms. The number of benzene rings is 1. The van der Waals surface area contributed by atoms with Gasteiger partial charge in [0, 0.05) is 23.1 Å². The summed E-state index contributed by atoms with van der Waals surface area (Å²) in [6.07, 6.45) is 3.80. The predicted molar refractivity (Wildman–Crippen MR) is 88.0 cm³/mol. The van der Waals surface area contributed by atoms with Gasteiger partial charge in [0.15, 0.2) is 5.17 Å². The Bertz CT molecular complexity index is 745. The fourth-order valence-corrected chi connectivity index (χ4v) is 2.87. The first-order valence-electron chi connectivity index (χ1n) is 6.78. The minimum atomic E-state index is -0.0228. The van der Waals surface area contributed by atoms with Crippen LogP contribution in [-0.4, -0.2) is 27.6 Å². The van der Waals surface area contributed by atoms with Crippen molar-refractivity contribution in [1.82, 2.24) is 9.88 Å². The van der Waals surface area contributed by atoms with E-state index in [0.717, 1.165) is 5.56 Å². The van der Waals surface area contributed by atoms with Crippen molar-refractivity contribution in [3.8, 4) is 0 Å². The van der Waals surface area contributed by atoms with Crippen LogP contribution in [0.2, 0.25) is 0 Å². The van der Waals surface area contributed by atoms with Crippen molar-refractivity contribution in [3.63, 3.8) is 0 Å². The molecule has 0 radical (unpaired) electrons. The molecule has 0 aliphatic carbocycles. The number of nitrogens with one attached hydrogen (secondary N) is 1. The van der Waals surface area contributed by atoms with Crippen molar-refractivity contribution in [3.05, 3.63) is 36.0 Å². The Kier molecular flexibility index (Phi) is 3.79. The number of fused-ring (bicyclic) bond motifs is 1. The van der Waals surface area contributed by atoms with Gasteiger partial charge in [-0.05, 0) is 37.6 Å². The molecule has 1 aliphatic rings. The summed E-state index contributed by atoms with van der Waals surface area (Å²) in [5.41, 5.74) is 2.20. The molecule has 0 saturated carbocycles. The van der Waals surface area contributed by atoms with E-state index in [9.17, 15) is 4.79 Å². The second kappa shape index (κ2) is 5.73. The third-order valence-corrected chi connectivity index (χ3v) is 4.11. The van der Waals surface area contributed by atoms with Gasteiger partial charge >= 0.3 is 0 Å². The zero-order chi connectivity index (χ0) is 14.8. The summed E-state index contributed by atoms with van der Waals surface area (Å²) in [5.74, 6) is 0.397. The van der Waals surface area contributed by atoms with E-state index in [0.29, 0.717) is 17.0 Å². The summed E-state index contributed by atoms with van der Waals surface area (Å²) in [6, 6.07) is 8.74. The fourth-order valence-electron chi connectivity index (χ4n) is 2.24. The van der Waals surface area contributed by atoms with Gasteiger partial charge in [-0.15, -0.1) is 5.10 Å². The Morgan fingerprint density at radius 2 is 2.24 bits per heavy atom. The summed E-state index contributed by atoms with van der Waals surface area (Å²) >= 11 is 1.37. The molecule has 6 heteroatoms. The maximum absolute atomic E-state index is 11.0. The molecule has 1 saturated heterocycles. The first-order chi connectivity index (χ1) is 10.1. The van der Waals surface area contributed by atoms with Crippen molar-refractivity contribution in [2.75, 3.05) is 5.75 Å². The van der Waals surface area contributed by atoms with Gasteiger partial charge in [0.05, 0.1) is 12.0 Å². The number of carbonyl (C=O) groups excluding carboxylic acids is 1. The van der Waals surface area contributed by atoms with E-state index in [1.807, 2.05) is 6.07 Å². The van der Waals surface area contributed by atoms with E-state index >= 15 is 0 Å². The van der Waals surface area contributed by atoms with Gasteiger partial charge in [-0.3, -0.25) is 4.79 Å². The molecule has 21 heavy (non-hydrogen) atoms. The molecule has 1 aromatic heterocycles. The number of amidine groups is 1. The molecule has 1 aromatic carbocycles. The van der Waals surface area contributed by atoms with Crippen LogP contribution >= 0.6 is 11.8 Å². The van der Waals surface area contributed by atoms with Gasteiger partial charge in [-0.2, -0.15) is 5.10 Å². The second-order valence-corrected chi connectivity index (χ2v) is 6.09. The lowest BCUT2D eigenvalue weighted by Gasteiger charge is -2.08. The van der Waals surface area contributed by atoms with Crippen molar-refractivity contribution in [1.29, 1.82) is 0 Å². The normalized spacial score (nSPS) is 17.5. The van der Waals surface area contributed by atoms with Gasteiger partial charge in [0.2, 0.25) is 5.91 Å². The molecule has 1 aliphatic heterocycles. The van der Waals surface area contributed by atoms with Gasteiger partial charge < -0.3 is 9.88 Å². The van der Waals surface area contributed by atoms with Crippen LogP contribution in [0.4, 0.5) is 0 Å². The van der Waals surface area contributed by atoms with E-state index in [1.54, 1.807) is 6.21 Å². The Hall–Kier alpha value is -2.08. The smallest absolute Gasteiger partial charge is 0.236 e. The summed E-state index contributed by atoms with van der Waals surface area (Å²) in [4.78, 5) is 11.0. The van der Waals surface area contributed by atoms with Gasteiger partial charge in [0.25, 0.3) is 0 Å². The summed E-state index contributed by atoms with van der Waals surface area (Å²) in [7, 11) is 0. The Labute approximate surface area is 127 Å². The Morgan fingerprint density at radius 1 is 1.38 bits per heavy atom. The lowest BCUT2D eigenvalue weighted by molar-refractivity contribution is -0.116. The predicted octanol–water partition coefficient (Wildman–Crippen LogP) is 2.78. The van der Waals surface area contributed by atoms with Crippen molar-refractivity contribution >= 4 is 40.0 Å². The quantitative estimate of drug-likeness (QED) is 0.700. The number of rotatable bonds is 3. The van der Waals surface area contributed by atoms with Crippen LogP contribution in [0.1, 0.15) is 25.5 Å². The third-order valence-electron chi connectivity index (χ3n) is 3.24. The SMILES string of the molecule is CC(C)n1ccc2cc(C=NN=C3NC(=O)CS3)ccc21. The lowest BCUT2D eigenvalue weighted by Crippen LogP contribution is -2.19. The monoisotopic (exact) mass is 300 g/mol. The average molecular weight is 300 g/mol. The molecular weight excluding hydrogens is 284 g/mol. The number of hydrogen-bond acceptors (Lipinski definition) is 4. The van der Waals surface area contributed by atoms with Crippen LogP contribution in [0.15, 0.2) is 40.7 Å². The van der Waals surface area contributed by atoms with Crippen LogP contribution in [0.3, 0.4) is 0 Å². The van der Waals surface area contributed by atoms with E-state index in [2.05, 4.69) is 58.3 Å². The molecule has 2 heterocycles. The van der Waals surface area contributed by atoms with Crippen LogP contribution in [0.25, 0.3) is 10.9 Å². The minimum Gasteiger partial charge on any atom is -0.345 e. The van der Waals surface area contributed by atoms with Gasteiger partial charge in [-0.1, -0.05) is 17.8 Å². The third kappa shape index (κ3) is 3.00. The highest BCUT2D eigenvalue weighted by atomic mass is 32.2. The van der Waals surface area contributed by atoms with Crippen molar-refractivity contribution in [2.45, 2.75) is 19.9 Å².